The predicted octanol–water partition coefficient (Wildman–Crippen LogP) is 2.84. The predicted molar refractivity (Wildman–Crippen MR) is 96.3 cm³/mol. The summed E-state index contributed by atoms with van der Waals surface area (Å²) in [6, 6.07) is 17.8. The lowest BCUT2D eigenvalue weighted by Crippen LogP contribution is -2.31. The van der Waals surface area contributed by atoms with Crippen molar-refractivity contribution in [1.29, 1.82) is 5.26 Å². The van der Waals surface area contributed by atoms with Gasteiger partial charge < -0.3 is 4.74 Å². The van der Waals surface area contributed by atoms with Crippen molar-refractivity contribution in [3.05, 3.63) is 71.8 Å². The maximum Gasteiger partial charge on any atom is 0.268 e. The van der Waals surface area contributed by atoms with Gasteiger partial charge in [-0.2, -0.15) is 5.26 Å². The van der Waals surface area contributed by atoms with Crippen LogP contribution in [0.4, 0.5) is 0 Å². The molecule has 0 aliphatic carbocycles. The monoisotopic (exact) mass is 366 g/mol. The summed E-state index contributed by atoms with van der Waals surface area (Å²) in [5, 5.41) is 9.96. The van der Waals surface area contributed by atoms with Gasteiger partial charge in [0, 0.05) is 10.9 Å². The number of amides is 1. The highest BCUT2D eigenvalue weighted by Crippen LogP contribution is 2.32. The summed E-state index contributed by atoms with van der Waals surface area (Å²) in [5.41, 5.74) is 0.506. The van der Waals surface area contributed by atoms with Crippen molar-refractivity contribution >= 4 is 26.7 Å². The summed E-state index contributed by atoms with van der Waals surface area (Å²) >= 11 is 0. The Morgan fingerprint density at radius 2 is 1.73 bits per heavy atom. The average Bonchev–Trinajstić information content (AvgIpc) is 2.66. The van der Waals surface area contributed by atoms with Crippen LogP contribution in [0.2, 0.25) is 0 Å². The van der Waals surface area contributed by atoms with Gasteiger partial charge in [-0.3, -0.25) is 4.79 Å². The molecule has 0 fully saturated rings. The van der Waals surface area contributed by atoms with Crippen LogP contribution in [0.15, 0.2) is 65.6 Å². The van der Waals surface area contributed by atoms with Crippen LogP contribution in [0.3, 0.4) is 0 Å². The summed E-state index contributed by atoms with van der Waals surface area (Å²) in [6.45, 7) is 0. The highest BCUT2D eigenvalue weighted by atomic mass is 32.2. The number of methoxy groups -OCH3 is 1. The van der Waals surface area contributed by atoms with Gasteiger partial charge in [-0.25, -0.2) is 13.1 Å². The Morgan fingerprint density at radius 3 is 2.38 bits per heavy atom. The molecule has 3 aromatic rings. The molecule has 0 spiro atoms. The first-order chi connectivity index (χ1) is 12.5. The molecule has 0 heterocycles. The largest absolute Gasteiger partial charge is 0.495 e. The quantitative estimate of drug-likeness (QED) is 0.766. The number of nitrogens with one attached hydrogen (secondary N) is 1. The van der Waals surface area contributed by atoms with Crippen molar-refractivity contribution in [1.82, 2.24) is 4.72 Å². The molecule has 1 amide bonds. The second-order valence-corrected chi connectivity index (χ2v) is 7.06. The highest BCUT2D eigenvalue weighted by Gasteiger charge is 2.25. The Balaban J connectivity index is 2.04. The van der Waals surface area contributed by atoms with E-state index in [0.29, 0.717) is 16.3 Å². The summed E-state index contributed by atoms with van der Waals surface area (Å²) in [7, 11) is -2.82. The lowest BCUT2D eigenvalue weighted by Gasteiger charge is -2.13. The number of nitriles is 1. The van der Waals surface area contributed by atoms with Crippen LogP contribution in [0.5, 0.6) is 5.75 Å². The normalized spacial score (nSPS) is 10.9. The number of benzene rings is 3. The summed E-state index contributed by atoms with van der Waals surface area (Å²) in [5.74, 6) is -0.645. The molecule has 3 rings (SSSR count). The van der Waals surface area contributed by atoms with E-state index in [1.165, 1.54) is 31.4 Å². The molecule has 0 aromatic heterocycles. The summed E-state index contributed by atoms with van der Waals surface area (Å²) < 4.78 is 33.0. The van der Waals surface area contributed by atoms with E-state index in [1.807, 2.05) is 6.07 Å². The summed E-state index contributed by atoms with van der Waals surface area (Å²) in [4.78, 5) is 12.3. The zero-order valence-electron chi connectivity index (χ0n) is 13.8. The molecule has 0 saturated carbocycles. The number of hydrogen-bond acceptors (Lipinski definition) is 5. The van der Waals surface area contributed by atoms with E-state index in [0.717, 1.165) is 0 Å². The van der Waals surface area contributed by atoms with E-state index in [9.17, 15) is 13.2 Å². The van der Waals surface area contributed by atoms with Gasteiger partial charge in [-0.1, -0.05) is 30.3 Å². The Bertz CT molecular complexity index is 1130. The third-order valence-electron chi connectivity index (χ3n) is 3.84. The fourth-order valence-electron chi connectivity index (χ4n) is 2.59. The number of fused-ring (bicyclic) bond motifs is 1. The van der Waals surface area contributed by atoms with Gasteiger partial charge >= 0.3 is 0 Å². The van der Waals surface area contributed by atoms with Gasteiger partial charge in [0.25, 0.3) is 15.9 Å². The maximum absolute atomic E-state index is 12.9. The number of carbonyl (C=O) groups is 1. The Hall–Kier alpha value is -3.37. The number of nitrogens with zero attached hydrogens (tertiary/aromatic N) is 1. The molecule has 0 unspecified atom stereocenters. The highest BCUT2D eigenvalue weighted by molar-refractivity contribution is 7.90. The zero-order valence-corrected chi connectivity index (χ0v) is 14.6. The van der Waals surface area contributed by atoms with E-state index in [1.54, 1.807) is 36.4 Å². The molecule has 0 saturated heterocycles. The minimum Gasteiger partial charge on any atom is -0.495 e. The molecular weight excluding hydrogens is 352 g/mol. The van der Waals surface area contributed by atoms with Crippen LogP contribution in [0.1, 0.15) is 15.9 Å². The Morgan fingerprint density at radius 1 is 1.04 bits per heavy atom. The molecule has 6 nitrogen and oxygen atoms in total. The van der Waals surface area contributed by atoms with Crippen molar-refractivity contribution in [2.45, 2.75) is 4.90 Å². The van der Waals surface area contributed by atoms with Crippen molar-refractivity contribution in [2.75, 3.05) is 7.11 Å². The second-order valence-electron chi connectivity index (χ2n) is 5.44. The standard InChI is InChI=1S/C19H14N2O4S/c1-25-17-11-10-14-4-2-3-5-16(14)18(17)26(23,24)21-19(22)15-8-6-13(12-20)7-9-15/h2-11H,1H3,(H,21,22). The molecule has 0 radical (unpaired) electrons. The van der Waals surface area contributed by atoms with Crippen LogP contribution in [0.25, 0.3) is 10.8 Å². The molecule has 26 heavy (non-hydrogen) atoms. The van der Waals surface area contributed by atoms with Crippen molar-refractivity contribution in [3.8, 4) is 11.8 Å². The molecule has 130 valence electrons. The number of rotatable bonds is 4. The van der Waals surface area contributed by atoms with Gasteiger partial charge in [0.2, 0.25) is 0 Å². The van der Waals surface area contributed by atoms with Crippen molar-refractivity contribution < 1.29 is 17.9 Å². The average molecular weight is 366 g/mol. The molecular formula is C19H14N2O4S. The van der Waals surface area contributed by atoms with Crippen LogP contribution in [0, 0.1) is 11.3 Å². The topological polar surface area (TPSA) is 96.3 Å². The SMILES string of the molecule is COc1ccc2ccccc2c1S(=O)(=O)NC(=O)c1ccc(C#N)cc1. The van der Waals surface area contributed by atoms with E-state index in [-0.39, 0.29) is 16.2 Å². The number of hydrogen-bond donors (Lipinski definition) is 1. The maximum atomic E-state index is 12.9. The van der Waals surface area contributed by atoms with Gasteiger partial charge in [0.05, 0.1) is 18.7 Å². The van der Waals surface area contributed by atoms with E-state index in [2.05, 4.69) is 4.72 Å². The van der Waals surface area contributed by atoms with Crippen LogP contribution < -0.4 is 9.46 Å². The van der Waals surface area contributed by atoms with Crippen molar-refractivity contribution in [2.24, 2.45) is 0 Å². The summed E-state index contributed by atoms with van der Waals surface area (Å²) in [6.07, 6.45) is 0. The Labute approximate surface area is 150 Å². The molecule has 1 N–H and O–H groups in total. The second kappa shape index (κ2) is 6.86. The van der Waals surface area contributed by atoms with E-state index >= 15 is 0 Å². The molecule has 0 atom stereocenters. The van der Waals surface area contributed by atoms with E-state index in [4.69, 9.17) is 10.00 Å². The first-order valence-corrected chi connectivity index (χ1v) is 9.07. The molecule has 0 aliphatic rings. The molecule has 3 aromatic carbocycles. The minimum atomic E-state index is -4.18. The molecule has 0 bridgehead atoms. The van der Waals surface area contributed by atoms with Gasteiger partial charge in [0.1, 0.15) is 10.6 Å². The number of carbonyl (C=O) groups excluding carboxylic acids is 1. The van der Waals surface area contributed by atoms with Crippen molar-refractivity contribution in [3.63, 3.8) is 0 Å². The zero-order chi connectivity index (χ0) is 18.7. The minimum absolute atomic E-state index is 0.0971. The fraction of sp³-hybridized carbons (Fsp3) is 0.0526. The molecule has 0 aliphatic heterocycles. The smallest absolute Gasteiger partial charge is 0.268 e. The van der Waals surface area contributed by atoms with Gasteiger partial charge in [-0.15, -0.1) is 0 Å². The van der Waals surface area contributed by atoms with E-state index < -0.39 is 15.9 Å². The van der Waals surface area contributed by atoms with Gasteiger partial charge in [-0.05, 0) is 35.7 Å². The third kappa shape index (κ3) is 3.23. The first-order valence-electron chi connectivity index (χ1n) is 7.59. The van der Waals surface area contributed by atoms with Gasteiger partial charge in [0.15, 0.2) is 0 Å². The van der Waals surface area contributed by atoms with Crippen LogP contribution >= 0.6 is 0 Å². The molecule has 7 heteroatoms. The first kappa shape index (κ1) is 17.5. The van der Waals surface area contributed by atoms with Crippen LogP contribution in [-0.2, 0) is 10.0 Å². The Kier molecular flexibility index (Phi) is 4.61. The fourth-order valence-corrected chi connectivity index (χ4v) is 3.94. The number of sulfonamides is 1. The lowest BCUT2D eigenvalue weighted by molar-refractivity contribution is 0.0981. The van der Waals surface area contributed by atoms with Crippen LogP contribution in [-0.4, -0.2) is 21.4 Å². The number of ether oxygens (including phenoxy) is 1. The lowest BCUT2D eigenvalue weighted by atomic mass is 10.1. The third-order valence-corrected chi connectivity index (χ3v) is 5.25.